The fourth-order valence-corrected chi connectivity index (χ4v) is 2.04. The summed E-state index contributed by atoms with van der Waals surface area (Å²) in [5.41, 5.74) is 5.13. The first kappa shape index (κ1) is 7.68. The molecule has 3 aromatic heterocycles. The smallest absolute Gasteiger partial charge is 0.0695 e. The van der Waals surface area contributed by atoms with E-state index in [0.717, 1.165) is 0 Å². The van der Waals surface area contributed by atoms with E-state index in [2.05, 4.69) is 59.4 Å². The SMILES string of the molecule is Cc1cc2c3ccc(C)n3ccn2c1. The molecule has 0 spiro atoms. The second-order valence-electron chi connectivity index (χ2n) is 3.84. The lowest BCUT2D eigenvalue weighted by molar-refractivity contribution is 1.06. The van der Waals surface area contributed by atoms with Crippen molar-refractivity contribution in [3.63, 3.8) is 0 Å². The molecule has 0 aliphatic heterocycles. The molecule has 0 aliphatic rings. The van der Waals surface area contributed by atoms with E-state index in [4.69, 9.17) is 0 Å². The molecule has 0 unspecified atom stereocenters. The van der Waals surface area contributed by atoms with Crippen LogP contribution in [0.5, 0.6) is 0 Å². The number of hydrogen-bond acceptors (Lipinski definition) is 0. The lowest BCUT2D eigenvalue weighted by Crippen LogP contribution is -1.90. The van der Waals surface area contributed by atoms with Crippen molar-refractivity contribution in [1.29, 1.82) is 0 Å². The van der Waals surface area contributed by atoms with Gasteiger partial charge in [-0.3, -0.25) is 0 Å². The van der Waals surface area contributed by atoms with Gasteiger partial charge in [0.1, 0.15) is 0 Å². The van der Waals surface area contributed by atoms with E-state index >= 15 is 0 Å². The van der Waals surface area contributed by atoms with Gasteiger partial charge in [-0.1, -0.05) is 0 Å². The standard InChI is InChI=1S/C12H12N2/c1-9-7-12-11-4-3-10(2)14(11)6-5-13(12)8-9/h3-8H,1-2H3. The van der Waals surface area contributed by atoms with Crippen LogP contribution >= 0.6 is 0 Å². The van der Waals surface area contributed by atoms with Crippen LogP contribution < -0.4 is 0 Å². The number of fused-ring (bicyclic) bond motifs is 3. The van der Waals surface area contributed by atoms with Crippen molar-refractivity contribution in [2.24, 2.45) is 0 Å². The molecule has 0 N–H and O–H groups in total. The van der Waals surface area contributed by atoms with E-state index in [-0.39, 0.29) is 0 Å². The minimum Gasteiger partial charge on any atom is -0.320 e. The Labute approximate surface area is 82.4 Å². The van der Waals surface area contributed by atoms with Gasteiger partial charge >= 0.3 is 0 Å². The first-order chi connectivity index (χ1) is 6.75. The molecule has 0 aromatic carbocycles. The van der Waals surface area contributed by atoms with Crippen molar-refractivity contribution in [3.8, 4) is 0 Å². The molecule has 2 nitrogen and oxygen atoms in total. The van der Waals surface area contributed by atoms with Crippen LogP contribution in [0.15, 0.2) is 36.8 Å². The lowest BCUT2D eigenvalue weighted by Gasteiger charge is -2.00. The quantitative estimate of drug-likeness (QED) is 0.508. The van der Waals surface area contributed by atoms with Crippen LogP contribution in [0.4, 0.5) is 0 Å². The summed E-state index contributed by atoms with van der Waals surface area (Å²) >= 11 is 0. The number of rotatable bonds is 0. The summed E-state index contributed by atoms with van der Waals surface area (Å²) in [6, 6.07) is 6.54. The topological polar surface area (TPSA) is 8.82 Å². The molecule has 0 radical (unpaired) electrons. The van der Waals surface area contributed by atoms with Gasteiger partial charge in [-0.2, -0.15) is 0 Å². The molecule has 70 valence electrons. The van der Waals surface area contributed by atoms with Crippen LogP contribution in [0, 0.1) is 13.8 Å². The normalized spacial score (nSPS) is 11.6. The third kappa shape index (κ3) is 0.854. The van der Waals surface area contributed by atoms with E-state index in [1.54, 1.807) is 0 Å². The Kier molecular flexibility index (Phi) is 1.32. The highest BCUT2D eigenvalue weighted by atomic mass is 15.0. The predicted molar refractivity (Wildman–Crippen MR) is 57.8 cm³/mol. The third-order valence-electron chi connectivity index (χ3n) is 2.75. The number of nitrogens with zero attached hydrogens (tertiary/aromatic N) is 2. The summed E-state index contributed by atoms with van der Waals surface area (Å²) in [5.74, 6) is 0. The number of aromatic nitrogens is 2. The molecule has 3 heterocycles. The summed E-state index contributed by atoms with van der Waals surface area (Å²) in [6.07, 6.45) is 6.36. The Morgan fingerprint density at radius 2 is 1.86 bits per heavy atom. The van der Waals surface area contributed by atoms with Gasteiger partial charge in [0.2, 0.25) is 0 Å². The second-order valence-corrected chi connectivity index (χ2v) is 3.84. The van der Waals surface area contributed by atoms with Crippen LogP contribution in [0.3, 0.4) is 0 Å². The highest BCUT2D eigenvalue weighted by Crippen LogP contribution is 2.18. The first-order valence-corrected chi connectivity index (χ1v) is 4.81. The molecule has 0 atom stereocenters. The van der Waals surface area contributed by atoms with Crippen molar-refractivity contribution in [2.75, 3.05) is 0 Å². The van der Waals surface area contributed by atoms with E-state index in [9.17, 15) is 0 Å². The average Bonchev–Trinajstić information content (AvgIpc) is 2.68. The molecule has 14 heavy (non-hydrogen) atoms. The van der Waals surface area contributed by atoms with Crippen LogP contribution in [0.1, 0.15) is 11.3 Å². The van der Waals surface area contributed by atoms with E-state index < -0.39 is 0 Å². The zero-order valence-corrected chi connectivity index (χ0v) is 8.36. The molecular weight excluding hydrogens is 172 g/mol. The maximum atomic E-state index is 2.22. The molecule has 0 amide bonds. The van der Waals surface area contributed by atoms with Crippen molar-refractivity contribution in [3.05, 3.63) is 48.0 Å². The van der Waals surface area contributed by atoms with Gasteiger partial charge in [0.25, 0.3) is 0 Å². The van der Waals surface area contributed by atoms with Crippen LogP contribution in [0.2, 0.25) is 0 Å². The Bertz CT molecular complexity index is 614. The van der Waals surface area contributed by atoms with Gasteiger partial charge in [0.05, 0.1) is 11.0 Å². The first-order valence-electron chi connectivity index (χ1n) is 4.81. The van der Waals surface area contributed by atoms with Crippen molar-refractivity contribution in [1.82, 2.24) is 8.80 Å². The summed E-state index contributed by atoms with van der Waals surface area (Å²) in [7, 11) is 0. The van der Waals surface area contributed by atoms with E-state index in [1.165, 1.54) is 22.3 Å². The van der Waals surface area contributed by atoms with Gasteiger partial charge in [0.15, 0.2) is 0 Å². The Morgan fingerprint density at radius 3 is 2.71 bits per heavy atom. The van der Waals surface area contributed by atoms with Gasteiger partial charge in [0, 0.05) is 24.3 Å². The molecule has 0 saturated heterocycles. The molecule has 3 aromatic rings. The maximum absolute atomic E-state index is 2.22. The monoisotopic (exact) mass is 184 g/mol. The molecule has 0 saturated carbocycles. The summed E-state index contributed by atoms with van der Waals surface area (Å²) in [6.45, 7) is 4.25. The molecule has 0 bridgehead atoms. The highest BCUT2D eigenvalue weighted by molar-refractivity contribution is 5.77. The summed E-state index contributed by atoms with van der Waals surface area (Å²) in [5, 5.41) is 0. The zero-order chi connectivity index (χ0) is 9.71. The van der Waals surface area contributed by atoms with Crippen molar-refractivity contribution < 1.29 is 0 Å². The zero-order valence-electron chi connectivity index (χ0n) is 8.36. The lowest BCUT2D eigenvalue weighted by atomic mass is 10.3. The van der Waals surface area contributed by atoms with Crippen LogP contribution in [0.25, 0.3) is 11.0 Å². The molecule has 2 heteroatoms. The van der Waals surface area contributed by atoms with Gasteiger partial charge < -0.3 is 8.80 Å². The van der Waals surface area contributed by atoms with Crippen LogP contribution in [-0.4, -0.2) is 8.80 Å². The summed E-state index contributed by atoms with van der Waals surface area (Å²) < 4.78 is 4.39. The van der Waals surface area contributed by atoms with Gasteiger partial charge in [-0.25, -0.2) is 0 Å². The minimum absolute atomic E-state index is 1.28. The maximum Gasteiger partial charge on any atom is 0.0695 e. The molecule has 0 aliphatic carbocycles. The Balaban J connectivity index is 2.60. The molecule has 3 rings (SSSR count). The predicted octanol–water partition coefficient (Wildman–Crippen LogP) is 2.81. The molecular formula is C12H12N2. The molecule has 0 fully saturated rings. The number of hydrogen-bond donors (Lipinski definition) is 0. The minimum atomic E-state index is 1.28. The fraction of sp³-hybridized carbons (Fsp3) is 0.167. The number of aryl methyl sites for hydroxylation is 2. The Morgan fingerprint density at radius 1 is 1.00 bits per heavy atom. The average molecular weight is 184 g/mol. The van der Waals surface area contributed by atoms with Gasteiger partial charge in [-0.15, -0.1) is 0 Å². The summed E-state index contributed by atoms with van der Waals surface area (Å²) in [4.78, 5) is 0. The van der Waals surface area contributed by atoms with Crippen LogP contribution in [-0.2, 0) is 0 Å². The Hall–Kier alpha value is -1.70. The van der Waals surface area contributed by atoms with Crippen molar-refractivity contribution in [2.45, 2.75) is 13.8 Å². The highest BCUT2D eigenvalue weighted by Gasteiger charge is 2.02. The van der Waals surface area contributed by atoms with Gasteiger partial charge in [-0.05, 0) is 37.6 Å². The third-order valence-corrected chi connectivity index (χ3v) is 2.75. The van der Waals surface area contributed by atoms with E-state index in [0.29, 0.717) is 0 Å². The second kappa shape index (κ2) is 2.41. The largest absolute Gasteiger partial charge is 0.320 e. The van der Waals surface area contributed by atoms with Crippen molar-refractivity contribution >= 4 is 11.0 Å². The van der Waals surface area contributed by atoms with E-state index in [1.807, 2.05) is 0 Å². The fourth-order valence-electron chi connectivity index (χ4n) is 2.04.